The molecule has 3 rings (SSSR count). The molecule has 1 aromatic carbocycles. The van der Waals surface area contributed by atoms with Crippen LogP contribution < -0.4 is 5.32 Å². The first-order valence-electron chi connectivity index (χ1n) is 9.14. The normalized spacial score (nSPS) is 28.5. The van der Waals surface area contributed by atoms with E-state index in [9.17, 15) is 9.90 Å². The molecular formula is C19H28N2O3. The molecule has 2 saturated heterocycles. The highest BCUT2D eigenvalue weighted by atomic mass is 16.5. The molecule has 1 aromatic rings. The second-order valence-corrected chi connectivity index (χ2v) is 6.87. The Bertz CT molecular complexity index is 517. The lowest BCUT2D eigenvalue weighted by Crippen LogP contribution is -2.47. The lowest BCUT2D eigenvalue weighted by atomic mass is 9.98. The molecule has 0 radical (unpaired) electrons. The Hall–Kier alpha value is -1.43. The van der Waals surface area contributed by atoms with E-state index in [1.807, 2.05) is 30.3 Å². The molecule has 2 fully saturated rings. The van der Waals surface area contributed by atoms with Gasteiger partial charge in [0.05, 0.1) is 12.2 Å². The summed E-state index contributed by atoms with van der Waals surface area (Å²) in [5.74, 6) is -0.253. The number of carbonyl (C=O) groups excluding carboxylic acids is 1. The van der Waals surface area contributed by atoms with Crippen LogP contribution >= 0.6 is 0 Å². The van der Waals surface area contributed by atoms with Crippen molar-refractivity contribution in [3.05, 3.63) is 30.3 Å². The summed E-state index contributed by atoms with van der Waals surface area (Å²) in [5, 5.41) is 13.0. The van der Waals surface area contributed by atoms with Gasteiger partial charge in [-0.25, -0.2) is 0 Å². The largest absolute Gasteiger partial charge is 0.390 e. The Morgan fingerprint density at radius 1 is 1.17 bits per heavy atom. The number of nitrogens with zero attached hydrogens (tertiary/aromatic N) is 1. The molecule has 3 unspecified atom stereocenters. The second kappa shape index (κ2) is 8.60. The minimum Gasteiger partial charge on any atom is -0.390 e. The number of aliphatic hydroxyl groups is 1. The number of nitrogens with one attached hydrogen (secondary N) is 1. The minimum absolute atomic E-state index is 0.0573. The van der Waals surface area contributed by atoms with E-state index in [2.05, 4.69) is 10.2 Å². The maximum atomic E-state index is 12.4. The van der Waals surface area contributed by atoms with Gasteiger partial charge in [0, 0.05) is 12.2 Å². The van der Waals surface area contributed by atoms with Gasteiger partial charge in [0.15, 0.2) is 6.10 Å². The molecule has 2 aliphatic heterocycles. The van der Waals surface area contributed by atoms with E-state index in [4.69, 9.17) is 4.74 Å². The molecule has 1 amide bonds. The predicted molar refractivity (Wildman–Crippen MR) is 93.9 cm³/mol. The van der Waals surface area contributed by atoms with Crippen LogP contribution in [0.4, 0.5) is 5.69 Å². The quantitative estimate of drug-likeness (QED) is 0.869. The first-order chi connectivity index (χ1) is 11.7. The van der Waals surface area contributed by atoms with Crippen LogP contribution in [0.25, 0.3) is 0 Å². The molecule has 2 N–H and O–H groups in total. The molecular weight excluding hydrogens is 304 g/mol. The van der Waals surface area contributed by atoms with Crippen LogP contribution in [0.5, 0.6) is 0 Å². The third-order valence-electron chi connectivity index (χ3n) is 4.99. The fourth-order valence-corrected chi connectivity index (χ4v) is 3.57. The number of piperidine rings is 1. The average molecular weight is 332 g/mol. The summed E-state index contributed by atoms with van der Waals surface area (Å²) in [4.78, 5) is 14.9. The lowest BCUT2D eigenvalue weighted by molar-refractivity contribution is -0.153. The number of likely N-dealkylation sites (tertiary alicyclic amines) is 1. The summed E-state index contributed by atoms with van der Waals surface area (Å²) in [5.41, 5.74) is 0.730. The summed E-state index contributed by atoms with van der Waals surface area (Å²) in [6.45, 7) is 3.37. The fourth-order valence-electron chi connectivity index (χ4n) is 3.57. The fraction of sp³-hybridized carbons (Fsp3) is 0.632. The number of ether oxygens (including phenoxy) is 1. The number of aliphatic hydroxyl groups excluding tert-OH is 1. The van der Waals surface area contributed by atoms with Crippen molar-refractivity contribution in [3.8, 4) is 0 Å². The monoisotopic (exact) mass is 332 g/mol. The van der Waals surface area contributed by atoms with E-state index in [0.717, 1.165) is 25.1 Å². The van der Waals surface area contributed by atoms with E-state index >= 15 is 0 Å². The number of hydrogen-bond donors (Lipinski definition) is 2. The molecule has 0 spiro atoms. The van der Waals surface area contributed by atoms with Gasteiger partial charge in [-0.2, -0.15) is 0 Å². The van der Waals surface area contributed by atoms with Crippen molar-refractivity contribution < 1.29 is 14.6 Å². The van der Waals surface area contributed by atoms with Crippen LogP contribution in [0.15, 0.2) is 30.3 Å². The third-order valence-corrected chi connectivity index (χ3v) is 4.99. The summed E-state index contributed by atoms with van der Waals surface area (Å²) in [6, 6.07) is 9.31. The van der Waals surface area contributed by atoms with Gasteiger partial charge in [-0.3, -0.25) is 4.79 Å². The van der Waals surface area contributed by atoms with Gasteiger partial charge >= 0.3 is 0 Å². The molecule has 0 aliphatic carbocycles. The van der Waals surface area contributed by atoms with E-state index < -0.39 is 12.2 Å². The molecule has 5 nitrogen and oxygen atoms in total. The number of hydrogen-bond acceptors (Lipinski definition) is 4. The number of para-hydroxylation sites is 1. The molecule has 0 aromatic heterocycles. The van der Waals surface area contributed by atoms with Crippen LogP contribution in [0, 0.1) is 0 Å². The Morgan fingerprint density at radius 3 is 2.67 bits per heavy atom. The first kappa shape index (κ1) is 17.4. The zero-order chi connectivity index (χ0) is 16.8. The molecule has 0 bridgehead atoms. The van der Waals surface area contributed by atoms with Crippen LogP contribution in [0.3, 0.4) is 0 Å². The summed E-state index contributed by atoms with van der Waals surface area (Å²) < 4.78 is 5.94. The van der Waals surface area contributed by atoms with Crippen LogP contribution in [-0.4, -0.2) is 53.9 Å². The molecule has 2 aliphatic rings. The maximum Gasteiger partial charge on any atom is 0.256 e. The maximum absolute atomic E-state index is 12.4. The van der Waals surface area contributed by atoms with Gasteiger partial charge in [0.25, 0.3) is 5.91 Å². The van der Waals surface area contributed by atoms with Crippen molar-refractivity contribution >= 4 is 11.6 Å². The highest BCUT2D eigenvalue weighted by Crippen LogP contribution is 2.24. The topological polar surface area (TPSA) is 61.8 Å². The highest BCUT2D eigenvalue weighted by Gasteiger charge is 2.35. The molecule has 132 valence electrons. The summed E-state index contributed by atoms with van der Waals surface area (Å²) >= 11 is 0. The number of rotatable bonds is 5. The lowest BCUT2D eigenvalue weighted by Gasteiger charge is -2.34. The Kier molecular flexibility index (Phi) is 6.24. The van der Waals surface area contributed by atoms with Crippen LogP contribution in [-0.2, 0) is 9.53 Å². The van der Waals surface area contributed by atoms with E-state index in [0.29, 0.717) is 6.42 Å². The van der Waals surface area contributed by atoms with Gasteiger partial charge in [-0.15, -0.1) is 0 Å². The van der Waals surface area contributed by atoms with Crippen molar-refractivity contribution in [2.24, 2.45) is 0 Å². The van der Waals surface area contributed by atoms with Gasteiger partial charge in [-0.05, 0) is 57.3 Å². The molecule has 0 saturated carbocycles. The summed E-state index contributed by atoms with van der Waals surface area (Å²) in [6.07, 6.45) is 4.85. The average Bonchev–Trinajstić information content (AvgIpc) is 2.62. The first-order valence-corrected chi connectivity index (χ1v) is 9.14. The van der Waals surface area contributed by atoms with Crippen molar-refractivity contribution in [1.29, 1.82) is 0 Å². The second-order valence-electron chi connectivity index (χ2n) is 6.87. The highest BCUT2D eigenvalue weighted by molar-refractivity contribution is 5.94. The standard InChI is InChI=1S/C19H28N2O3/c22-17-10-9-16(11-14-21-12-5-2-6-13-21)24-18(17)19(23)20-15-7-3-1-4-8-15/h1,3-4,7-8,16-18,22H,2,5-6,9-14H2,(H,20,23). The van der Waals surface area contributed by atoms with Crippen LogP contribution in [0.1, 0.15) is 38.5 Å². The molecule has 3 atom stereocenters. The minimum atomic E-state index is -0.773. The number of carbonyl (C=O) groups is 1. The van der Waals surface area contributed by atoms with E-state index in [1.54, 1.807) is 0 Å². The van der Waals surface area contributed by atoms with Gasteiger partial charge in [0.1, 0.15) is 0 Å². The Morgan fingerprint density at radius 2 is 1.92 bits per heavy atom. The summed E-state index contributed by atoms with van der Waals surface area (Å²) in [7, 11) is 0. The van der Waals surface area contributed by atoms with Gasteiger partial charge in [-0.1, -0.05) is 24.6 Å². The van der Waals surface area contributed by atoms with Crippen molar-refractivity contribution in [2.75, 3.05) is 25.0 Å². The number of anilines is 1. The van der Waals surface area contributed by atoms with Gasteiger partial charge in [0.2, 0.25) is 0 Å². The van der Waals surface area contributed by atoms with Crippen LogP contribution in [0.2, 0.25) is 0 Å². The third kappa shape index (κ3) is 4.79. The Labute approximate surface area is 144 Å². The molecule has 24 heavy (non-hydrogen) atoms. The zero-order valence-corrected chi connectivity index (χ0v) is 14.2. The molecule has 5 heteroatoms. The van der Waals surface area contributed by atoms with Crippen molar-refractivity contribution in [3.63, 3.8) is 0 Å². The van der Waals surface area contributed by atoms with Gasteiger partial charge < -0.3 is 20.1 Å². The van der Waals surface area contributed by atoms with Crippen molar-refractivity contribution in [2.45, 2.75) is 56.8 Å². The predicted octanol–water partition coefficient (Wildman–Crippen LogP) is 2.41. The number of amides is 1. The SMILES string of the molecule is O=C(Nc1ccccc1)C1OC(CCN2CCCCC2)CCC1O. The Balaban J connectivity index is 1.50. The molecule has 2 heterocycles. The van der Waals surface area contributed by atoms with Crippen molar-refractivity contribution in [1.82, 2.24) is 4.90 Å². The zero-order valence-electron chi connectivity index (χ0n) is 14.2. The smallest absolute Gasteiger partial charge is 0.256 e. The van der Waals surface area contributed by atoms with E-state index in [1.165, 1.54) is 32.4 Å². The number of benzene rings is 1. The van der Waals surface area contributed by atoms with E-state index in [-0.39, 0.29) is 12.0 Å².